The smallest absolute Gasteiger partial charge is 0.252 e. The highest BCUT2D eigenvalue weighted by molar-refractivity contribution is 8.13. The first kappa shape index (κ1) is 22.6. The molecule has 0 bridgehead atoms. The summed E-state index contributed by atoms with van der Waals surface area (Å²) in [6.45, 7) is 3.34. The van der Waals surface area contributed by atoms with Crippen LogP contribution in [0.4, 0.5) is 0 Å². The number of amides is 2. The van der Waals surface area contributed by atoms with Gasteiger partial charge in [-0.3, -0.25) is 14.4 Å². The van der Waals surface area contributed by atoms with Gasteiger partial charge < -0.3 is 10.6 Å². The highest BCUT2D eigenvalue weighted by Gasteiger charge is 2.15. The zero-order chi connectivity index (χ0) is 20.9. The second kappa shape index (κ2) is 12.7. The Kier molecular flexibility index (Phi) is 9.92. The summed E-state index contributed by atoms with van der Waals surface area (Å²) in [7, 11) is 0. The maximum absolute atomic E-state index is 12.4. The van der Waals surface area contributed by atoms with E-state index in [-0.39, 0.29) is 23.5 Å². The molecule has 2 rings (SSSR count). The van der Waals surface area contributed by atoms with E-state index in [9.17, 15) is 14.4 Å². The van der Waals surface area contributed by atoms with Gasteiger partial charge in [-0.2, -0.15) is 0 Å². The van der Waals surface area contributed by atoms with Crippen LogP contribution >= 0.6 is 11.8 Å². The largest absolute Gasteiger partial charge is 0.355 e. The lowest BCUT2D eigenvalue weighted by atomic mass is 10.2. The second-order valence-corrected chi connectivity index (χ2v) is 7.67. The van der Waals surface area contributed by atoms with E-state index in [1.54, 1.807) is 24.3 Å². The van der Waals surface area contributed by atoms with E-state index in [1.165, 1.54) is 0 Å². The molecule has 29 heavy (non-hydrogen) atoms. The van der Waals surface area contributed by atoms with Crippen molar-refractivity contribution < 1.29 is 19.0 Å². The number of nitrogens with one attached hydrogen (secondary N) is 2. The molecule has 0 saturated carbocycles. The number of rotatable bonds is 11. The molecule has 0 radical (unpaired) electrons. The van der Waals surface area contributed by atoms with Crippen LogP contribution in [0.3, 0.4) is 0 Å². The molecule has 6 nitrogen and oxygen atoms in total. The van der Waals surface area contributed by atoms with E-state index in [0.29, 0.717) is 23.4 Å². The third-order valence-electron chi connectivity index (χ3n) is 4.16. The number of aryl methyl sites for hydroxylation is 1. The van der Waals surface area contributed by atoms with E-state index in [2.05, 4.69) is 15.2 Å². The van der Waals surface area contributed by atoms with Crippen LogP contribution in [0.2, 0.25) is 0 Å². The third kappa shape index (κ3) is 8.48. The summed E-state index contributed by atoms with van der Waals surface area (Å²) >= 11 is 1.09. The minimum atomic E-state index is -0.354. The molecule has 1 aromatic carbocycles. The number of aromatic nitrogens is 1. The summed E-state index contributed by atoms with van der Waals surface area (Å²) in [4.78, 5) is 37.0. The van der Waals surface area contributed by atoms with Gasteiger partial charge >= 0.3 is 0 Å². The Bertz CT molecular complexity index is 812. The fourth-order valence-corrected chi connectivity index (χ4v) is 3.56. The molecule has 0 aliphatic heterocycles. The summed E-state index contributed by atoms with van der Waals surface area (Å²) in [5.74, 6) is -0.578. The molecule has 7 heteroatoms. The Morgan fingerprint density at radius 1 is 0.966 bits per heavy atom. The molecule has 2 amide bonds. The Hall–Kier alpha value is -2.67. The molecule has 0 fully saturated rings. The first-order valence-corrected chi connectivity index (χ1v) is 10.7. The number of thioether (sulfide) groups is 1. The number of benzene rings is 1. The van der Waals surface area contributed by atoms with Gasteiger partial charge in [-0.1, -0.05) is 36.9 Å². The summed E-state index contributed by atoms with van der Waals surface area (Å²) in [6, 6.07) is 12.9. The van der Waals surface area contributed by atoms with E-state index < -0.39 is 0 Å². The molecule has 1 heterocycles. The van der Waals surface area contributed by atoms with Crippen molar-refractivity contribution >= 4 is 28.7 Å². The number of unbranched alkanes of at least 4 members (excludes halogenated alkanes) is 1. The summed E-state index contributed by atoms with van der Waals surface area (Å²) in [6.07, 6.45) is 7.01. The van der Waals surface area contributed by atoms with Gasteiger partial charge in [0.1, 0.15) is 6.54 Å². The summed E-state index contributed by atoms with van der Waals surface area (Å²) < 4.78 is 2.09. The maximum atomic E-state index is 12.4. The van der Waals surface area contributed by atoms with Gasteiger partial charge in [-0.15, -0.1) is 0 Å². The van der Waals surface area contributed by atoms with E-state index in [1.807, 2.05) is 37.5 Å². The minimum absolute atomic E-state index is 0.0315. The van der Waals surface area contributed by atoms with Gasteiger partial charge in [0.05, 0.1) is 12.1 Å². The molecular weight excluding hydrogens is 386 g/mol. The van der Waals surface area contributed by atoms with E-state index in [0.717, 1.165) is 37.6 Å². The molecule has 2 N–H and O–H groups in total. The van der Waals surface area contributed by atoms with Crippen molar-refractivity contribution in [2.24, 2.45) is 0 Å². The van der Waals surface area contributed by atoms with Crippen LogP contribution in [0.1, 0.15) is 43.0 Å². The van der Waals surface area contributed by atoms with Crippen molar-refractivity contribution in [3.05, 3.63) is 60.4 Å². The number of carbonyl (C=O) groups excluding carboxylic acids is 3. The highest BCUT2D eigenvalue weighted by atomic mass is 32.2. The molecule has 0 saturated heterocycles. The van der Waals surface area contributed by atoms with Gasteiger partial charge in [0, 0.05) is 36.4 Å². The normalized spacial score (nSPS) is 10.4. The van der Waals surface area contributed by atoms with Crippen LogP contribution in [0.25, 0.3) is 0 Å². The van der Waals surface area contributed by atoms with Crippen molar-refractivity contribution in [2.75, 3.05) is 13.1 Å². The predicted molar refractivity (Wildman–Crippen MR) is 113 cm³/mol. The van der Waals surface area contributed by atoms with Crippen LogP contribution in [0.5, 0.6) is 0 Å². The van der Waals surface area contributed by atoms with Gasteiger partial charge in [0.25, 0.3) is 5.91 Å². The zero-order valence-corrected chi connectivity index (χ0v) is 17.5. The van der Waals surface area contributed by atoms with Gasteiger partial charge in [-0.25, -0.2) is 4.57 Å². The quantitative estimate of drug-likeness (QED) is 0.337. The van der Waals surface area contributed by atoms with Gasteiger partial charge in [-0.05, 0) is 25.0 Å². The van der Waals surface area contributed by atoms with Crippen molar-refractivity contribution in [1.82, 2.24) is 10.6 Å². The summed E-state index contributed by atoms with van der Waals surface area (Å²) in [5.41, 5.74) is 0.411. The third-order valence-corrected chi connectivity index (χ3v) is 5.17. The van der Waals surface area contributed by atoms with Crippen molar-refractivity contribution in [3.63, 3.8) is 0 Å². The molecular formula is C22H28N3O3S+. The van der Waals surface area contributed by atoms with Crippen LogP contribution < -0.4 is 15.2 Å². The maximum Gasteiger partial charge on any atom is 0.252 e. The zero-order valence-electron chi connectivity index (χ0n) is 16.7. The lowest BCUT2D eigenvalue weighted by Crippen LogP contribution is -2.37. The van der Waals surface area contributed by atoms with E-state index in [4.69, 9.17) is 0 Å². The number of nitrogens with zero attached hydrogens (tertiary/aromatic N) is 1. The SMILES string of the molecule is CCCNC(=O)CNC(=O)c1ccccc1SC(=O)CCCC[n+]1ccccc1. The van der Waals surface area contributed by atoms with Crippen LogP contribution in [-0.2, 0) is 16.1 Å². The molecule has 0 atom stereocenters. The second-order valence-electron chi connectivity index (χ2n) is 6.57. The van der Waals surface area contributed by atoms with Crippen molar-refractivity contribution in [2.45, 2.75) is 44.0 Å². The molecule has 1 aromatic heterocycles. The Labute approximate surface area is 176 Å². The number of hydrogen-bond acceptors (Lipinski definition) is 4. The monoisotopic (exact) mass is 414 g/mol. The topological polar surface area (TPSA) is 79.2 Å². The fraction of sp³-hybridized carbons (Fsp3) is 0.364. The molecule has 154 valence electrons. The fourth-order valence-electron chi connectivity index (χ4n) is 2.65. The number of pyridine rings is 1. The molecule has 0 aliphatic carbocycles. The minimum Gasteiger partial charge on any atom is -0.355 e. The van der Waals surface area contributed by atoms with Gasteiger partial charge in [0.2, 0.25) is 5.91 Å². The molecule has 2 aromatic rings. The lowest BCUT2D eigenvalue weighted by molar-refractivity contribution is -0.697. The Balaban J connectivity index is 1.80. The van der Waals surface area contributed by atoms with Crippen LogP contribution in [-0.4, -0.2) is 30.0 Å². The molecule has 0 aliphatic rings. The average Bonchev–Trinajstić information content (AvgIpc) is 2.74. The average molecular weight is 415 g/mol. The van der Waals surface area contributed by atoms with Gasteiger partial charge in [0.15, 0.2) is 17.5 Å². The predicted octanol–water partition coefficient (Wildman–Crippen LogP) is 2.72. The first-order valence-electron chi connectivity index (χ1n) is 9.89. The van der Waals surface area contributed by atoms with Crippen LogP contribution in [0, 0.1) is 0 Å². The number of carbonyl (C=O) groups is 3. The molecule has 0 unspecified atom stereocenters. The van der Waals surface area contributed by atoms with E-state index >= 15 is 0 Å². The summed E-state index contributed by atoms with van der Waals surface area (Å²) in [5, 5.41) is 5.36. The van der Waals surface area contributed by atoms with Crippen LogP contribution in [0.15, 0.2) is 59.8 Å². The first-order chi connectivity index (χ1) is 14.1. The Morgan fingerprint density at radius 3 is 2.48 bits per heavy atom. The highest BCUT2D eigenvalue weighted by Crippen LogP contribution is 2.25. The molecule has 0 spiro atoms. The van der Waals surface area contributed by atoms with Crippen molar-refractivity contribution in [1.29, 1.82) is 0 Å². The van der Waals surface area contributed by atoms with Crippen molar-refractivity contribution in [3.8, 4) is 0 Å². The standard InChI is InChI=1S/C22H27N3O3S/c1-2-13-23-20(26)17-24-22(28)18-10-4-5-11-19(18)29-21(27)12-6-9-16-25-14-7-3-8-15-25/h3-5,7-8,10-11,14-15H,2,6,9,12-13,16-17H2,1H3,(H-,23,24,26,28)/p+1. The lowest BCUT2D eigenvalue weighted by Gasteiger charge is -2.09. The Morgan fingerprint density at radius 2 is 1.72 bits per heavy atom. The number of hydrogen-bond donors (Lipinski definition) is 2.